The molecule has 6 aliphatic rings. The molecule has 6 aliphatic heterocycles. The van der Waals surface area contributed by atoms with Crippen LogP contribution in [0.5, 0.6) is 0 Å². The second-order valence-corrected chi connectivity index (χ2v) is 41.1. The van der Waals surface area contributed by atoms with Crippen molar-refractivity contribution < 1.29 is 107 Å². The Morgan fingerprint density at radius 1 is 0.309 bits per heavy atom. The summed E-state index contributed by atoms with van der Waals surface area (Å²) >= 11 is 0. The Kier molecular flexibility index (Phi) is 31.3. The van der Waals surface area contributed by atoms with Crippen molar-refractivity contribution in [1.29, 1.82) is 0 Å². The average molecular weight is 1830 g/mol. The van der Waals surface area contributed by atoms with E-state index in [1.807, 2.05) is 21.1 Å². The number of nitrogens with zero attached hydrogens (tertiary/aromatic N) is 12. The Labute approximate surface area is 708 Å². The third-order valence-electron chi connectivity index (χ3n) is 22.3. The normalized spacial score (nSPS) is 21.4. The SMILES string of the molecule is CN1CCC(CC(=O)[C@@H]2CCC(OS(=O)(=O)c3ccc([N+](=O)[O-])cc3)CN2S(=O)(=O)c2ccc([N+](=O)[O-])cc2)CC1.CN1CCC(CC(=O)[C@@H]2CCC(OS(=O)(=O)c3ccc([N+](=O)[O-])cc3)CN2S(=O)(=O)c2ccccc2[N+](=O)[O-])CC1.CN1CCC(CC(=O)[C@@H]2CCC(OS(=O)(=O)c3ccccc3[N+](=O)[O-])CN2S(=O)(=O)c2ccc([N+](=O)[O-])cc2)CC1. The predicted octanol–water partition coefficient (Wildman–Crippen LogP) is 8.19. The van der Waals surface area contributed by atoms with Gasteiger partial charge in [-0.2, -0.15) is 38.2 Å². The van der Waals surface area contributed by atoms with Crippen LogP contribution in [0.2, 0.25) is 0 Å². The minimum absolute atomic E-state index is 0.00987. The molecule has 0 spiro atoms. The molecule has 6 heterocycles. The van der Waals surface area contributed by atoms with Crippen molar-refractivity contribution in [2.24, 2.45) is 17.8 Å². The average Bonchev–Trinajstić information content (AvgIpc) is 0.770. The first-order chi connectivity index (χ1) is 57.9. The number of nitro groups is 6. The molecule has 0 aliphatic carbocycles. The maximum absolute atomic E-state index is 13.8. The lowest BCUT2D eigenvalue weighted by atomic mass is 9.88. The molecule has 6 aromatic carbocycles. The van der Waals surface area contributed by atoms with E-state index in [0.29, 0.717) is 0 Å². The Morgan fingerprint density at radius 3 is 0.829 bits per heavy atom. The third kappa shape index (κ3) is 24.0. The molecule has 0 aromatic heterocycles. The first-order valence-electron chi connectivity index (χ1n) is 38.8. The Balaban J connectivity index is 0.000000193. The van der Waals surface area contributed by atoms with Crippen molar-refractivity contribution in [3.05, 3.63) is 206 Å². The van der Waals surface area contributed by atoms with Gasteiger partial charge in [0.1, 0.15) is 0 Å². The lowest BCUT2D eigenvalue weighted by Crippen LogP contribution is -2.53. The number of Topliss-reactive ketones (excluding diaryl/α,β-unsaturated/α-hetero) is 3. The number of nitro benzene ring substituents is 6. The monoisotopic (exact) mass is 1830 g/mol. The van der Waals surface area contributed by atoms with E-state index in [1.165, 1.54) is 24.3 Å². The molecule has 6 fully saturated rings. The summed E-state index contributed by atoms with van der Waals surface area (Å²) in [6.45, 7) is 3.38. The summed E-state index contributed by atoms with van der Waals surface area (Å²) in [6, 6.07) is 22.6. The van der Waals surface area contributed by atoms with Crippen LogP contribution in [0.15, 0.2) is 175 Å². The highest BCUT2D eigenvalue weighted by atomic mass is 32.2. The molecule has 666 valence electrons. The highest BCUT2D eigenvalue weighted by Crippen LogP contribution is 2.39. The van der Waals surface area contributed by atoms with E-state index >= 15 is 0 Å². The number of carbonyl (C=O) groups is 3. The van der Waals surface area contributed by atoms with Crippen LogP contribution in [0.1, 0.15) is 96.3 Å². The zero-order chi connectivity index (χ0) is 89.8. The Hall–Kier alpha value is -9.93. The molecule has 6 saturated heterocycles. The van der Waals surface area contributed by atoms with E-state index in [1.54, 1.807) is 0 Å². The lowest BCUT2D eigenvalue weighted by Gasteiger charge is -2.38. The van der Waals surface area contributed by atoms with Crippen molar-refractivity contribution >= 4 is 112 Å². The second-order valence-electron chi connectivity index (χ2n) is 30.7. The number of para-hydroxylation sites is 2. The number of ketones is 3. The summed E-state index contributed by atoms with van der Waals surface area (Å²) in [7, 11) is -21.1. The van der Waals surface area contributed by atoms with Gasteiger partial charge in [0, 0.05) is 99.6 Å². The highest BCUT2D eigenvalue weighted by molar-refractivity contribution is 7.90. The summed E-state index contributed by atoms with van der Waals surface area (Å²) in [6.07, 6.45) is 1.61. The number of hydrogen-bond donors (Lipinski definition) is 0. The summed E-state index contributed by atoms with van der Waals surface area (Å²) in [4.78, 5) is 107. The van der Waals surface area contributed by atoms with Crippen molar-refractivity contribution in [1.82, 2.24) is 27.6 Å². The summed E-state index contributed by atoms with van der Waals surface area (Å²) in [5.41, 5.74) is -2.63. The number of carbonyl (C=O) groups excluding carboxylic acids is 3. The van der Waals surface area contributed by atoms with Crippen LogP contribution < -0.4 is 0 Å². The Morgan fingerprint density at radius 2 is 0.553 bits per heavy atom. The van der Waals surface area contributed by atoms with Gasteiger partial charge in [-0.1, -0.05) is 24.3 Å². The molecule has 48 heteroatoms. The zero-order valence-electron chi connectivity index (χ0n) is 66.6. The van der Waals surface area contributed by atoms with Crippen LogP contribution in [0.3, 0.4) is 0 Å². The van der Waals surface area contributed by atoms with Gasteiger partial charge < -0.3 is 14.7 Å². The van der Waals surface area contributed by atoms with Gasteiger partial charge >= 0.3 is 10.1 Å². The molecular weight excluding hydrogens is 1740 g/mol. The largest absolute Gasteiger partial charge is 0.306 e. The molecule has 0 N–H and O–H groups in total. The van der Waals surface area contributed by atoms with Gasteiger partial charge in [0.15, 0.2) is 27.1 Å². The van der Waals surface area contributed by atoms with Crippen molar-refractivity contribution in [3.8, 4) is 0 Å². The third-order valence-corrected chi connectivity index (χ3v) is 32.2. The topological polar surface area (TPSA) is 562 Å². The zero-order valence-corrected chi connectivity index (χ0v) is 71.5. The number of non-ortho nitro benzene ring substituents is 4. The first-order valence-corrected chi connectivity index (χ1v) is 47.3. The van der Waals surface area contributed by atoms with Crippen LogP contribution >= 0.6 is 0 Å². The number of rotatable bonds is 30. The molecule has 12 rings (SSSR count). The molecular formula is C75H90N12O30S6. The van der Waals surface area contributed by atoms with E-state index in [2.05, 4.69) is 14.7 Å². The molecule has 6 atom stereocenters. The maximum atomic E-state index is 13.8. The lowest BCUT2D eigenvalue weighted by molar-refractivity contribution is -0.388. The molecule has 0 radical (unpaired) electrons. The van der Waals surface area contributed by atoms with Gasteiger partial charge in [0.25, 0.3) is 64.4 Å². The van der Waals surface area contributed by atoms with E-state index < -0.39 is 167 Å². The van der Waals surface area contributed by atoms with Gasteiger partial charge in [-0.05, 0) is 216 Å². The maximum Gasteiger partial charge on any atom is 0.304 e. The van der Waals surface area contributed by atoms with E-state index in [9.17, 15) is 126 Å². The highest BCUT2D eigenvalue weighted by Gasteiger charge is 2.48. The Bertz CT molecular complexity index is 5650. The van der Waals surface area contributed by atoms with Crippen molar-refractivity contribution in [3.63, 3.8) is 0 Å². The molecule has 123 heavy (non-hydrogen) atoms. The smallest absolute Gasteiger partial charge is 0.304 e. The minimum Gasteiger partial charge on any atom is -0.306 e. The van der Waals surface area contributed by atoms with Gasteiger partial charge in [0.2, 0.25) is 20.0 Å². The minimum atomic E-state index is -4.68. The molecule has 0 saturated carbocycles. The molecule has 0 amide bonds. The van der Waals surface area contributed by atoms with Crippen LogP contribution in [0, 0.1) is 78.4 Å². The van der Waals surface area contributed by atoms with Crippen molar-refractivity contribution in [2.75, 3.05) is 80.0 Å². The number of likely N-dealkylation sites (tertiary alicyclic amines) is 3. The molecule has 0 bridgehead atoms. The molecule has 3 unspecified atom stereocenters. The fourth-order valence-corrected chi connectivity index (χ4v) is 24.1. The van der Waals surface area contributed by atoms with Gasteiger partial charge in [-0.15, -0.1) is 0 Å². The second kappa shape index (κ2) is 40.4. The van der Waals surface area contributed by atoms with E-state index in [0.717, 1.165) is 212 Å². The fraction of sp³-hybridized carbons (Fsp3) is 0.480. The first kappa shape index (κ1) is 95.3. The van der Waals surface area contributed by atoms with Crippen LogP contribution in [0.25, 0.3) is 0 Å². The van der Waals surface area contributed by atoms with Gasteiger partial charge in [-0.3, -0.25) is 87.6 Å². The fourth-order valence-electron chi connectivity index (χ4n) is 15.5. The van der Waals surface area contributed by atoms with Gasteiger partial charge in [-0.25, -0.2) is 25.3 Å². The predicted molar refractivity (Wildman–Crippen MR) is 435 cm³/mol. The molecule has 42 nitrogen and oxygen atoms in total. The van der Waals surface area contributed by atoms with Crippen LogP contribution in [-0.4, -0.2) is 241 Å². The number of piperidine rings is 6. The van der Waals surface area contributed by atoms with Gasteiger partial charge in [0.05, 0.1) is 85.6 Å². The number of sulfonamides is 3. The quantitative estimate of drug-likeness (QED) is 0.0233. The molecule has 6 aromatic rings. The number of benzene rings is 6. The van der Waals surface area contributed by atoms with E-state index in [4.69, 9.17) is 12.5 Å². The summed E-state index contributed by atoms with van der Waals surface area (Å²) in [5, 5.41) is 66.9. The van der Waals surface area contributed by atoms with Crippen LogP contribution in [-0.2, 0) is 87.4 Å². The summed E-state index contributed by atoms with van der Waals surface area (Å²) in [5.74, 6) is -0.675. The van der Waals surface area contributed by atoms with Crippen LogP contribution in [0.4, 0.5) is 34.1 Å². The summed E-state index contributed by atoms with van der Waals surface area (Å²) < 4.78 is 179. The standard InChI is InChI=1S/3C25H30N4O10S2/c1-26-14-12-18(13-15-26)16-25(30)24-11-6-21(39-41(37,38)23-9-4-20(5-10-23)29(33)34)17-27(24)40(35,36)22-7-2-19(3-8-22)28(31)32;1-26-14-12-18(13-15-26)16-24(30)22-11-8-20(39-41(37,38)21-9-6-19(7-10-21)28(31)32)17-27(22)40(35,36)25-5-3-2-4-23(25)29(33)34;1-26-14-12-18(13-15-26)16-24(30)22-11-8-20(39-41(37,38)25-5-3-2-4-23(25)29(33)34)17-27(22)40(35,36)21-9-6-19(7-10-21)28(31)32/h2-5,7-10,18,21,24H,6,11-17H2,1H3;2*2-7,9-10,18,20,22H,8,11-17H2,1H3/t21?,24-;2*20?,22-/m000/s1. The van der Waals surface area contributed by atoms with Crippen molar-refractivity contribution in [2.45, 2.75) is 162 Å². The van der Waals surface area contributed by atoms with E-state index in [-0.39, 0.29) is 135 Å². The number of hydrogen-bond acceptors (Lipinski definition) is 33.